The molecule has 0 aliphatic rings. The molecule has 0 spiro atoms. The van der Waals surface area contributed by atoms with Crippen molar-refractivity contribution in [2.24, 2.45) is 0 Å². The number of carbonyl (C=O) groups excluding carboxylic acids is 1. The second-order valence-electron chi connectivity index (χ2n) is 7.11. The Hall–Kier alpha value is -3.18. The van der Waals surface area contributed by atoms with Crippen molar-refractivity contribution in [2.45, 2.75) is 39.5 Å². The number of hydrogen-bond acceptors (Lipinski definition) is 3. The zero-order chi connectivity index (χ0) is 20.4. The van der Waals surface area contributed by atoms with Gasteiger partial charge in [-0.25, -0.2) is 4.98 Å². The Morgan fingerprint density at radius 3 is 2.52 bits per heavy atom. The molecule has 0 unspecified atom stereocenters. The van der Waals surface area contributed by atoms with Crippen LogP contribution in [0, 0.1) is 0 Å². The summed E-state index contributed by atoms with van der Waals surface area (Å²) < 4.78 is 3.96. The molecule has 148 valence electrons. The molecule has 2 heterocycles. The van der Waals surface area contributed by atoms with E-state index in [0.29, 0.717) is 12.2 Å². The van der Waals surface area contributed by atoms with E-state index in [4.69, 9.17) is 0 Å². The summed E-state index contributed by atoms with van der Waals surface area (Å²) in [6.07, 6.45) is 3.26. The Labute approximate surface area is 170 Å². The van der Waals surface area contributed by atoms with Crippen molar-refractivity contribution >= 4 is 16.7 Å². The highest BCUT2D eigenvalue weighted by atomic mass is 16.3. The fourth-order valence-corrected chi connectivity index (χ4v) is 3.98. The van der Waals surface area contributed by atoms with Crippen molar-refractivity contribution in [3.63, 3.8) is 0 Å². The molecule has 29 heavy (non-hydrogen) atoms. The molecule has 5 nitrogen and oxygen atoms in total. The minimum Gasteiger partial charge on any atom is -0.385 e. The summed E-state index contributed by atoms with van der Waals surface area (Å²) in [7, 11) is 0. The zero-order valence-corrected chi connectivity index (χ0v) is 16.7. The third-order valence-electron chi connectivity index (χ3n) is 5.36. The molecule has 0 aliphatic heterocycles. The molecular formula is C24H25N3O2. The van der Waals surface area contributed by atoms with Gasteiger partial charge in [0, 0.05) is 29.8 Å². The maximum atomic E-state index is 13.6. The summed E-state index contributed by atoms with van der Waals surface area (Å²) in [5, 5.41) is 11.2. The monoisotopic (exact) mass is 387 g/mol. The van der Waals surface area contributed by atoms with Crippen LogP contribution in [0.5, 0.6) is 0 Å². The Kier molecular flexibility index (Phi) is 5.32. The van der Waals surface area contributed by atoms with Crippen LogP contribution in [0.15, 0.2) is 67.0 Å². The van der Waals surface area contributed by atoms with Gasteiger partial charge in [0.1, 0.15) is 11.9 Å². The molecule has 5 heteroatoms. The van der Waals surface area contributed by atoms with Crippen molar-refractivity contribution in [1.29, 1.82) is 0 Å². The maximum Gasteiger partial charge on any atom is 0.185 e. The Bertz CT molecular complexity index is 1140. The number of nitrogens with zero attached hydrogens (tertiary/aromatic N) is 3. The predicted octanol–water partition coefficient (Wildman–Crippen LogP) is 4.85. The van der Waals surface area contributed by atoms with Gasteiger partial charge in [0.05, 0.1) is 17.8 Å². The van der Waals surface area contributed by atoms with Gasteiger partial charge in [0.15, 0.2) is 5.78 Å². The highest BCUT2D eigenvalue weighted by Gasteiger charge is 2.24. The Morgan fingerprint density at radius 2 is 1.79 bits per heavy atom. The molecule has 4 rings (SSSR count). The van der Waals surface area contributed by atoms with E-state index in [1.807, 2.05) is 55.5 Å². The van der Waals surface area contributed by atoms with E-state index in [2.05, 4.69) is 22.5 Å². The van der Waals surface area contributed by atoms with Gasteiger partial charge in [-0.2, -0.15) is 0 Å². The molecule has 2 aromatic heterocycles. The summed E-state index contributed by atoms with van der Waals surface area (Å²) in [5.74, 6) is 0.538. The van der Waals surface area contributed by atoms with Crippen LogP contribution < -0.4 is 0 Å². The topological polar surface area (TPSA) is 60.1 Å². The molecule has 0 radical (unpaired) electrons. The largest absolute Gasteiger partial charge is 0.385 e. The third-order valence-corrected chi connectivity index (χ3v) is 5.36. The van der Waals surface area contributed by atoms with Gasteiger partial charge in [-0.1, -0.05) is 55.5 Å². The molecule has 0 bridgehead atoms. The first-order chi connectivity index (χ1) is 14.2. The summed E-state index contributed by atoms with van der Waals surface area (Å²) in [5.41, 5.74) is 3.74. The van der Waals surface area contributed by atoms with Gasteiger partial charge in [0.25, 0.3) is 0 Å². The molecule has 2 aromatic carbocycles. The van der Waals surface area contributed by atoms with E-state index >= 15 is 0 Å². The van der Waals surface area contributed by atoms with Crippen LogP contribution in [0.2, 0.25) is 0 Å². The second-order valence-corrected chi connectivity index (χ2v) is 7.11. The molecule has 4 aromatic rings. The molecule has 0 saturated carbocycles. The average Bonchev–Trinajstić information content (AvgIpc) is 3.35. The van der Waals surface area contributed by atoms with Crippen molar-refractivity contribution in [3.05, 3.63) is 78.4 Å². The van der Waals surface area contributed by atoms with Crippen molar-refractivity contribution in [2.75, 3.05) is 0 Å². The normalized spacial score (nSPS) is 12.4. The van der Waals surface area contributed by atoms with Gasteiger partial charge in [0.2, 0.25) is 0 Å². The molecule has 0 fully saturated rings. The van der Waals surface area contributed by atoms with Crippen LogP contribution in [-0.4, -0.2) is 25.0 Å². The smallest absolute Gasteiger partial charge is 0.185 e. The first-order valence-corrected chi connectivity index (χ1v) is 10.0. The van der Waals surface area contributed by atoms with E-state index in [0.717, 1.165) is 34.3 Å². The minimum absolute atomic E-state index is 0.00908. The number of hydrogen-bond donors (Lipinski definition) is 1. The third kappa shape index (κ3) is 3.38. The number of carbonyl (C=O) groups is 1. The van der Waals surface area contributed by atoms with Crippen molar-refractivity contribution in [3.8, 4) is 11.3 Å². The summed E-state index contributed by atoms with van der Waals surface area (Å²) in [4.78, 5) is 17.8. The number of fused-ring (bicyclic) bond motifs is 1. The number of aromatic nitrogens is 3. The number of para-hydroxylation sites is 1. The SMILES string of the molecule is CC[C@@H](O)c1nccn1CC(=O)c1c(-c2ccccc2)n(CC)c2ccccc12. The van der Waals surface area contributed by atoms with Gasteiger partial charge < -0.3 is 14.2 Å². The Balaban J connectivity index is 1.87. The highest BCUT2D eigenvalue weighted by molar-refractivity contribution is 6.13. The number of ketones is 1. The van der Waals surface area contributed by atoms with Gasteiger partial charge >= 0.3 is 0 Å². The lowest BCUT2D eigenvalue weighted by molar-refractivity contribution is 0.0966. The lowest BCUT2D eigenvalue weighted by atomic mass is 10.0. The number of aliphatic hydroxyl groups excluding tert-OH is 1. The summed E-state index contributed by atoms with van der Waals surface area (Å²) in [6, 6.07) is 18.1. The minimum atomic E-state index is -0.677. The van der Waals surface area contributed by atoms with Crippen LogP contribution >= 0.6 is 0 Å². The van der Waals surface area contributed by atoms with Crippen molar-refractivity contribution < 1.29 is 9.90 Å². The van der Waals surface area contributed by atoms with E-state index < -0.39 is 6.10 Å². The molecule has 0 amide bonds. The number of Topliss-reactive ketones (excluding diaryl/α,β-unsaturated/α-hetero) is 1. The highest BCUT2D eigenvalue weighted by Crippen LogP contribution is 2.34. The van der Waals surface area contributed by atoms with Crippen LogP contribution in [0.1, 0.15) is 42.6 Å². The second kappa shape index (κ2) is 8.05. The molecule has 1 N–H and O–H groups in total. The number of aliphatic hydroxyl groups is 1. The molecule has 1 atom stereocenters. The molecule has 0 aliphatic carbocycles. The van der Waals surface area contributed by atoms with Gasteiger partial charge in [-0.3, -0.25) is 4.79 Å². The quantitative estimate of drug-likeness (QED) is 0.461. The molecule has 0 saturated heterocycles. The summed E-state index contributed by atoms with van der Waals surface area (Å²) >= 11 is 0. The van der Waals surface area contributed by atoms with Crippen LogP contribution in [0.3, 0.4) is 0 Å². The van der Waals surface area contributed by atoms with Crippen LogP contribution in [0.4, 0.5) is 0 Å². The molecular weight excluding hydrogens is 362 g/mol. The fourth-order valence-electron chi connectivity index (χ4n) is 3.98. The van der Waals surface area contributed by atoms with Crippen molar-refractivity contribution in [1.82, 2.24) is 14.1 Å². The lowest BCUT2D eigenvalue weighted by Crippen LogP contribution is -2.15. The van der Waals surface area contributed by atoms with Crippen LogP contribution in [-0.2, 0) is 13.1 Å². The number of aryl methyl sites for hydroxylation is 1. The predicted molar refractivity (Wildman–Crippen MR) is 115 cm³/mol. The summed E-state index contributed by atoms with van der Waals surface area (Å²) in [6.45, 7) is 4.90. The van der Waals surface area contributed by atoms with E-state index in [1.165, 1.54) is 0 Å². The maximum absolute atomic E-state index is 13.6. The Morgan fingerprint density at radius 1 is 1.07 bits per heavy atom. The van der Waals surface area contributed by atoms with E-state index in [-0.39, 0.29) is 12.3 Å². The first kappa shape index (κ1) is 19.2. The fraction of sp³-hybridized carbons (Fsp3) is 0.250. The average molecular weight is 387 g/mol. The lowest BCUT2D eigenvalue weighted by Gasteiger charge is -2.13. The number of imidazole rings is 1. The van der Waals surface area contributed by atoms with Gasteiger partial charge in [-0.15, -0.1) is 0 Å². The van der Waals surface area contributed by atoms with Gasteiger partial charge in [-0.05, 0) is 25.0 Å². The number of rotatable bonds is 7. The first-order valence-electron chi connectivity index (χ1n) is 10.0. The number of benzene rings is 2. The van der Waals surface area contributed by atoms with E-state index in [9.17, 15) is 9.90 Å². The van der Waals surface area contributed by atoms with Crippen LogP contribution in [0.25, 0.3) is 22.2 Å². The van der Waals surface area contributed by atoms with E-state index in [1.54, 1.807) is 17.0 Å². The zero-order valence-electron chi connectivity index (χ0n) is 16.7. The standard InChI is InChI=1S/C24H25N3O2/c1-3-20(28)24-25-14-15-26(24)16-21(29)22-18-12-8-9-13-19(18)27(4-2)23(22)17-10-6-5-7-11-17/h5-15,20,28H,3-4,16H2,1-2H3/t20-/m1/s1.